The van der Waals surface area contributed by atoms with E-state index in [0.29, 0.717) is 43.4 Å². The normalized spacial score (nSPS) is 15.3. The fourth-order valence-electron chi connectivity index (χ4n) is 5.74. The summed E-state index contributed by atoms with van der Waals surface area (Å²) in [4.78, 5) is 34.5. The van der Waals surface area contributed by atoms with Crippen molar-refractivity contribution in [2.75, 3.05) is 26.2 Å². The van der Waals surface area contributed by atoms with Gasteiger partial charge in [0, 0.05) is 19.3 Å². The third-order valence-electron chi connectivity index (χ3n) is 9.28. The van der Waals surface area contributed by atoms with Crippen LogP contribution in [0, 0.1) is 17.8 Å². The zero-order chi connectivity index (χ0) is 32.3. The van der Waals surface area contributed by atoms with Crippen molar-refractivity contribution >= 4 is 17.9 Å². The Morgan fingerprint density at radius 2 is 0.791 bits per heavy atom. The molecule has 7 nitrogen and oxygen atoms in total. The SMILES string of the molecule is CC/C=C/CCCCCCCCCCCCCCCCC[N+](CCC(C)C(=O)O)(CCC(C)C(=O)O)CCC(C)C(=O)O. The van der Waals surface area contributed by atoms with Gasteiger partial charge in [0.1, 0.15) is 0 Å². The van der Waals surface area contributed by atoms with Crippen LogP contribution in [0.4, 0.5) is 0 Å². The van der Waals surface area contributed by atoms with Crippen molar-refractivity contribution in [3.8, 4) is 0 Å². The monoisotopic (exact) mass is 611 g/mol. The number of carboxylic acid groups (broad SMARTS) is 3. The Kier molecular flexibility index (Phi) is 25.3. The summed E-state index contributed by atoms with van der Waals surface area (Å²) in [5.41, 5.74) is 0. The number of quaternary nitrogens is 1. The average molecular weight is 611 g/mol. The first-order chi connectivity index (χ1) is 20.5. The van der Waals surface area contributed by atoms with E-state index in [1.165, 1.54) is 89.9 Å². The van der Waals surface area contributed by atoms with Crippen molar-refractivity contribution in [2.45, 2.75) is 156 Å². The minimum atomic E-state index is -0.822. The maximum absolute atomic E-state index is 11.5. The maximum atomic E-state index is 11.5. The zero-order valence-electron chi connectivity index (χ0n) is 28.4. The Labute approximate surface area is 264 Å². The summed E-state index contributed by atoms with van der Waals surface area (Å²) in [5.74, 6) is -3.90. The fraction of sp³-hybridized carbons (Fsp3) is 0.861. The molecule has 0 heterocycles. The molecule has 3 unspecified atom stereocenters. The quantitative estimate of drug-likeness (QED) is 0.0410. The first kappa shape index (κ1) is 41.1. The van der Waals surface area contributed by atoms with E-state index in [4.69, 9.17) is 0 Å². The summed E-state index contributed by atoms with van der Waals surface area (Å²) < 4.78 is 0.614. The van der Waals surface area contributed by atoms with Crippen molar-refractivity contribution in [1.29, 1.82) is 0 Å². The predicted octanol–water partition coefficient (Wildman–Crippen LogP) is 9.34. The van der Waals surface area contributed by atoms with Gasteiger partial charge in [0.25, 0.3) is 0 Å². The molecule has 0 aromatic carbocycles. The van der Waals surface area contributed by atoms with E-state index < -0.39 is 35.7 Å². The molecule has 3 N–H and O–H groups in total. The Balaban J connectivity index is 4.42. The van der Waals surface area contributed by atoms with Gasteiger partial charge in [-0.3, -0.25) is 14.4 Å². The van der Waals surface area contributed by atoms with Gasteiger partial charge >= 0.3 is 17.9 Å². The second-order valence-electron chi connectivity index (χ2n) is 13.3. The number of allylic oxidation sites excluding steroid dienone is 2. The zero-order valence-corrected chi connectivity index (χ0v) is 28.4. The average Bonchev–Trinajstić information content (AvgIpc) is 2.97. The second kappa shape index (κ2) is 26.5. The number of rotatable bonds is 31. The van der Waals surface area contributed by atoms with E-state index in [0.717, 1.165) is 25.8 Å². The highest BCUT2D eigenvalue weighted by Crippen LogP contribution is 2.22. The van der Waals surface area contributed by atoms with Gasteiger partial charge in [0.15, 0.2) is 0 Å². The lowest BCUT2D eigenvalue weighted by molar-refractivity contribution is -0.929. The number of aliphatic carboxylic acids is 3. The molecule has 7 heteroatoms. The van der Waals surface area contributed by atoms with Crippen molar-refractivity contribution in [3.63, 3.8) is 0 Å². The standard InChI is InChI=1S/C36H67NO6/c1-5-6-7-8-9-10-11-12-13-14-15-16-17-18-19-20-21-22-23-27-37(28-24-31(2)34(38)39,29-25-32(3)35(40)41)30-26-33(4)36(42)43/h6-7,31-33H,5,8-30H2,1-4H3,(H2-,38,39,40,41,42,43)/p+1/b7-6+. The number of carbonyl (C=O) groups is 3. The molecule has 0 radical (unpaired) electrons. The van der Waals surface area contributed by atoms with Crippen molar-refractivity contribution in [3.05, 3.63) is 12.2 Å². The molecule has 0 saturated heterocycles. The lowest BCUT2D eigenvalue weighted by Gasteiger charge is -2.40. The lowest BCUT2D eigenvalue weighted by atomic mass is 10.0. The molecule has 0 amide bonds. The molecule has 0 spiro atoms. The number of unbranched alkanes of at least 4 members (excludes halogenated alkanes) is 15. The van der Waals surface area contributed by atoms with Gasteiger partial charge in [-0.2, -0.15) is 0 Å². The Hall–Kier alpha value is -1.89. The molecule has 0 aliphatic carbocycles. The van der Waals surface area contributed by atoms with Crippen LogP contribution in [-0.4, -0.2) is 63.9 Å². The molecular formula is C36H68NO6+. The Morgan fingerprint density at radius 1 is 0.488 bits per heavy atom. The first-order valence-electron chi connectivity index (χ1n) is 17.7. The molecule has 3 atom stereocenters. The smallest absolute Gasteiger partial charge is 0.306 e. The van der Waals surface area contributed by atoms with Gasteiger partial charge in [0.05, 0.1) is 43.9 Å². The van der Waals surface area contributed by atoms with Crippen molar-refractivity contribution in [2.24, 2.45) is 17.8 Å². The highest BCUT2D eigenvalue weighted by molar-refractivity contribution is 5.70. The molecule has 0 rings (SSSR count). The summed E-state index contributed by atoms with van der Waals surface area (Å²) in [6.07, 6.45) is 27.8. The van der Waals surface area contributed by atoms with Gasteiger partial charge in [-0.15, -0.1) is 0 Å². The molecule has 0 fully saturated rings. The predicted molar refractivity (Wildman–Crippen MR) is 177 cm³/mol. The molecular weight excluding hydrogens is 542 g/mol. The Morgan fingerprint density at radius 3 is 1.09 bits per heavy atom. The van der Waals surface area contributed by atoms with E-state index in [2.05, 4.69) is 19.1 Å². The minimum absolute atomic E-state index is 0.478. The number of carboxylic acids is 3. The molecule has 0 bridgehead atoms. The van der Waals surface area contributed by atoms with Crippen LogP contribution >= 0.6 is 0 Å². The van der Waals surface area contributed by atoms with E-state index in [9.17, 15) is 29.7 Å². The summed E-state index contributed by atoms with van der Waals surface area (Å²) in [6.45, 7) is 10.1. The molecule has 0 aliphatic rings. The molecule has 0 saturated carbocycles. The van der Waals surface area contributed by atoms with E-state index >= 15 is 0 Å². The highest BCUT2D eigenvalue weighted by Gasteiger charge is 2.31. The third kappa shape index (κ3) is 23.2. The molecule has 43 heavy (non-hydrogen) atoms. The number of hydrogen-bond donors (Lipinski definition) is 3. The van der Waals surface area contributed by atoms with Crippen LogP contribution in [-0.2, 0) is 14.4 Å². The van der Waals surface area contributed by atoms with Crippen molar-refractivity contribution in [1.82, 2.24) is 0 Å². The van der Waals surface area contributed by atoms with E-state index in [1.54, 1.807) is 20.8 Å². The second-order valence-corrected chi connectivity index (χ2v) is 13.3. The largest absolute Gasteiger partial charge is 0.481 e. The first-order valence-corrected chi connectivity index (χ1v) is 17.7. The van der Waals surface area contributed by atoms with Gasteiger partial charge in [-0.1, -0.05) is 117 Å². The van der Waals surface area contributed by atoms with Gasteiger partial charge in [-0.25, -0.2) is 0 Å². The third-order valence-corrected chi connectivity index (χ3v) is 9.28. The fourth-order valence-corrected chi connectivity index (χ4v) is 5.74. The molecule has 0 aromatic heterocycles. The van der Waals surface area contributed by atoms with Crippen LogP contribution in [0.5, 0.6) is 0 Å². The molecule has 0 aromatic rings. The molecule has 252 valence electrons. The maximum Gasteiger partial charge on any atom is 0.306 e. The van der Waals surface area contributed by atoms with E-state index in [-0.39, 0.29) is 0 Å². The van der Waals surface area contributed by atoms with E-state index in [1.807, 2.05) is 0 Å². The van der Waals surface area contributed by atoms with Crippen LogP contribution in [0.2, 0.25) is 0 Å². The van der Waals surface area contributed by atoms with Crippen LogP contribution in [0.25, 0.3) is 0 Å². The topological polar surface area (TPSA) is 112 Å². The van der Waals surface area contributed by atoms with Crippen LogP contribution < -0.4 is 0 Å². The summed E-state index contributed by atoms with van der Waals surface area (Å²) in [7, 11) is 0. The lowest BCUT2D eigenvalue weighted by Crippen LogP contribution is -2.52. The van der Waals surface area contributed by atoms with Crippen LogP contribution in [0.1, 0.15) is 156 Å². The van der Waals surface area contributed by atoms with Crippen LogP contribution in [0.15, 0.2) is 12.2 Å². The number of nitrogens with zero attached hydrogens (tertiary/aromatic N) is 1. The summed E-state index contributed by atoms with van der Waals surface area (Å²) in [6, 6.07) is 0. The number of hydrogen-bond acceptors (Lipinski definition) is 3. The van der Waals surface area contributed by atoms with Gasteiger partial charge in [-0.05, 0) is 32.1 Å². The highest BCUT2D eigenvalue weighted by atomic mass is 16.4. The minimum Gasteiger partial charge on any atom is -0.481 e. The summed E-state index contributed by atoms with van der Waals surface area (Å²) >= 11 is 0. The summed E-state index contributed by atoms with van der Waals surface area (Å²) in [5, 5.41) is 28.3. The Bertz CT molecular complexity index is 692. The van der Waals surface area contributed by atoms with Gasteiger partial charge in [0.2, 0.25) is 0 Å². The van der Waals surface area contributed by atoms with Gasteiger partial charge < -0.3 is 19.8 Å². The van der Waals surface area contributed by atoms with Crippen LogP contribution in [0.3, 0.4) is 0 Å². The molecule has 0 aliphatic heterocycles. The van der Waals surface area contributed by atoms with Crippen molar-refractivity contribution < 1.29 is 34.2 Å².